The molecule has 0 fully saturated rings. The first-order valence-electron chi connectivity index (χ1n) is 5.45. The van der Waals surface area contributed by atoms with Crippen molar-refractivity contribution in [2.75, 3.05) is 11.9 Å². The molecule has 0 saturated heterocycles. The highest BCUT2D eigenvalue weighted by Gasteiger charge is 1.98. The molecule has 0 aliphatic rings. The minimum absolute atomic E-state index is 0.0826. The molecule has 0 spiro atoms. The second kappa shape index (κ2) is 5.25. The highest BCUT2D eigenvalue weighted by molar-refractivity contribution is 5.94. The van der Waals surface area contributed by atoms with Crippen molar-refractivity contribution < 1.29 is 4.79 Å². The number of aromatic nitrogens is 3. The molecule has 1 aromatic carbocycles. The Morgan fingerprint density at radius 1 is 1.35 bits per heavy atom. The smallest absolute Gasteiger partial charge is 0.159 e. The zero-order valence-electron chi connectivity index (χ0n) is 9.63. The van der Waals surface area contributed by atoms with E-state index in [2.05, 4.69) is 15.6 Å². The fraction of sp³-hybridized carbons (Fsp3) is 0.250. The van der Waals surface area contributed by atoms with Gasteiger partial charge in [-0.1, -0.05) is 5.21 Å². The van der Waals surface area contributed by atoms with E-state index in [1.807, 2.05) is 30.5 Å². The molecule has 5 heteroatoms. The van der Waals surface area contributed by atoms with Crippen LogP contribution < -0.4 is 5.32 Å². The molecule has 0 aliphatic carbocycles. The Bertz CT molecular complexity index is 476. The number of rotatable bonds is 5. The fourth-order valence-corrected chi connectivity index (χ4v) is 1.49. The molecular formula is C12H14N4O. The Kier molecular flexibility index (Phi) is 3.49. The van der Waals surface area contributed by atoms with Gasteiger partial charge in [-0.05, 0) is 31.2 Å². The van der Waals surface area contributed by atoms with Gasteiger partial charge in [-0.25, -0.2) is 0 Å². The van der Waals surface area contributed by atoms with E-state index in [1.54, 1.807) is 17.8 Å². The predicted octanol–water partition coefficient (Wildman–Crippen LogP) is 1.59. The zero-order valence-corrected chi connectivity index (χ0v) is 9.63. The maximum absolute atomic E-state index is 11.1. The number of hydrogen-bond donors (Lipinski definition) is 1. The first-order valence-corrected chi connectivity index (χ1v) is 5.45. The van der Waals surface area contributed by atoms with E-state index in [-0.39, 0.29) is 5.78 Å². The van der Waals surface area contributed by atoms with Gasteiger partial charge in [-0.2, -0.15) is 0 Å². The number of nitrogens with zero attached hydrogens (tertiary/aromatic N) is 3. The van der Waals surface area contributed by atoms with Crippen molar-refractivity contribution in [3.05, 3.63) is 42.2 Å². The average Bonchev–Trinajstić information content (AvgIpc) is 2.83. The van der Waals surface area contributed by atoms with Crippen LogP contribution in [0.5, 0.6) is 0 Å². The van der Waals surface area contributed by atoms with Crippen molar-refractivity contribution in [3.63, 3.8) is 0 Å². The van der Waals surface area contributed by atoms with Gasteiger partial charge in [-0.3, -0.25) is 9.48 Å². The van der Waals surface area contributed by atoms with Gasteiger partial charge in [0.2, 0.25) is 0 Å². The van der Waals surface area contributed by atoms with Crippen LogP contribution in [0.25, 0.3) is 0 Å². The molecule has 17 heavy (non-hydrogen) atoms. The molecule has 88 valence electrons. The van der Waals surface area contributed by atoms with Crippen LogP contribution in [0.15, 0.2) is 36.7 Å². The number of Topliss-reactive ketones (excluding diaryl/α,β-unsaturated/α-hetero) is 1. The molecule has 0 radical (unpaired) electrons. The fourth-order valence-electron chi connectivity index (χ4n) is 1.49. The Labute approximate surface area is 99.5 Å². The quantitative estimate of drug-likeness (QED) is 0.792. The summed E-state index contributed by atoms with van der Waals surface area (Å²) < 4.78 is 1.76. The summed E-state index contributed by atoms with van der Waals surface area (Å²) in [5, 5.41) is 10.8. The van der Waals surface area contributed by atoms with Crippen molar-refractivity contribution in [3.8, 4) is 0 Å². The number of carbonyl (C=O) groups excluding carboxylic acids is 1. The normalized spacial score (nSPS) is 10.2. The average molecular weight is 230 g/mol. The van der Waals surface area contributed by atoms with E-state index in [1.165, 1.54) is 0 Å². The molecular weight excluding hydrogens is 216 g/mol. The Morgan fingerprint density at radius 3 is 2.71 bits per heavy atom. The van der Waals surface area contributed by atoms with E-state index in [0.29, 0.717) is 0 Å². The van der Waals surface area contributed by atoms with Crippen molar-refractivity contribution in [2.24, 2.45) is 0 Å². The summed E-state index contributed by atoms with van der Waals surface area (Å²) in [6.45, 7) is 3.09. The molecule has 5 nitrogen and oxygen atoms in total. The maximum Gasteiger partial charge on any atom is 0.159 e. The number of anilines is 1. The van der Waals surface area contributed by atoms with Crippen molar-refractivity contribution in [1.29, 1.82) is 0 Å². The van der Waals surface area contributed by atoms with Crippen LogP contribution >= 0.6 is 0 Å². The van der Waals surface area contributed by atoms with Crippen LogP contribution in [0.2, 0.25) is 0 Å². The lowest BCUT2D eigenvalue weighted by molar-refractivity contribution is 0.101. The monoisotopic (exact) mass is 230 g/mol. The highest BCUT2D eigenvalue weighted by atomic mass is 16.1. The minimum atomic E-state index is 0.0826. The third kappa shape index (κ3) is 3.14. The number of nitrogens with one attached hydrogen (secondary N) is 1. The summed E-state index contributed by atoms with van der Waals surface area (Å²) in [4.78, 5) is 11.1. The van der Waals surface area contributed by atoms with Crippen LogP contribution in [0.1, 0.15) is 17.3 Å². The van der Waals surface area contributed by atoms with Crippen molar-refractivity contribution in [2.45, 2.75) is 13.5 Å². The van der Waals surface area contributed by atoms with E-state index in [0.717, 1.165) is 24.3 Å². The molecule has 0 atom stereocenters. The Hall–Kier alpha value is -2.17. The highest BCUT2D eigenvalue weighted by Crippen LogP contribution is 2.09. The molecule has 1 heterocycles. The maximum atomic E-state index is 11.1. The number of hydrogen-bond acceptors (Lipinski definition) is 4. The Morgan fingerprint density at radius 2 is 2.12 bits per heavy atom. The van der Waals surface area contributed by atoms with E-state index >= 15 is 0 Å². The summed E-state index contributed by atoms with van der Waals surface area (Å²) in [5.74, 6) is 0.0826. The van der Waals surface area contributed by atoms with Gasteiger partial charge in [0, 0.05) is 24.0 Å². The lowest BCUT2D eigenvalue weighted by atomic mass is 10.1. The number of carbonyl (C=O) groups is 1. The van der Waals surface area contributed by atoms with Crippen molar-refractivity contribution in [1.82, 2.24) is 15.0 Å². The van der Waals surface area contributed by atoms with Crippen LogP contribution in [0.4, 0.5) is 5.69 Å². The first kappa shape index (κ1) is 11.3. The molecule has 2 rings (SSSR count). The molecule has 0 aliphatic heterocycles. The topological polar surface area (TPSA) is 59.8 Å². The van der Waals surface area contributed by atoms with Crippen LogP contribution in [0, 0.1) is 0 Å². The van der Waals surface area contributed by atoms with Gasteiger partial charge in [0.1, 0.15) is 0 Å². The minimum Gasteiger partial charge on any atom is -0.383 e. The summed E-state index contributed by atoms with van der Waals surface area (Å²) in [6, 6.07) is 7.44. The first-order chi connectivity index (χ1) is 8.25. The summed E-state index contributed by atoms with van der Waals surface area (Å²) in [7, 11) is 0. The molecule has 0 saturated carbocycles. The summed E-state index contributed by atoms with van der Waals surface area (Å²) in [5.41, 5.74) is 1.72. The molecule has 0 bridgehead atoms. The third-order valence-electron chi connectivity index (χ3n) is 2.43. The summed E-state index contributed by atoms with van der Waals surface area (Å²) >= 11 is 0. The van der Waals surface area contributed by atoms with Gasteiger partial charge in [0.25, 0.3) is 0 Å². The SMILES string of the molecule is CC(=O)c1ccc(NCCn2ccnn2)cc1. The van der Waals surface area contributed by atoms with Crippen LogP contribution in [-0.4, -0.2) is 27.3 Å². The second-order valence-corrected chi connectivity index (χ2v) is 3.73. The van der Waals surface area contributed by atoms with Gasteiger partial charge in [0.05, 0.1) is 12.7 Å². The van der Waals surface area contributed by atoms with Gasteiger partial charge < -0.3 is 5.32 Å². The second-order valence-electron chi connectivity index (χ2n) is 3.73. The Balaban J connectivity index is 1.85. The van der Waals surface area contributed by atoms with E-state index < -0.39 is 0 Å². The predicted molar refractivity (Wildman–Crippen MR) is 65.0 cm³/mol. The molecule has 0 amide bonds. The lowest BCUT2D eigenvalue weighted by Gasteiger charge is -2.06. The van der Waals surface area contributed by atoms with E-state index in [4.69, 9.17) is 0 Å². The van der Waals surface area contributed by atoms with E-state index in [9.17, 15) is 4.79 Å². The molecule has 0 unspecified atom stereocenters. The van der Waals surface area contributed by atoms with Crippen molar-refractivity contribution >= 4 is 11.5 Å². The molecule has 1 aromatic heterocycles. The van der Waals surface area contributed by atoms with Gasteiger partial charge in [0.15, 0.2) is 5.78 Å². The lowest BCUT2D eigenvalue weighted by Crippen LogP contribution is -2.11. The summed E-state index contributed by atoms with van der Waals surface area (Å²) in [6.07, 6.45) is 3.47. The zero-order chi connectivity index (χ0) is 12.1. The standard InChI is InChI=1S/C12H14N4O/c1-10(17)11-2-4-12(5-3-11)13-6-8-16-9-7-14-15-16/h2-5,7,9,13H,6,8H2,1H3. The molecule has 2 aromatic rings. The van der Waals surface area contributed by atoms with Crippen LogP contribution in [0.3, 0.4) is 0 Å². The van der Waals surface area contributed by atoms with Gasteiger partial charge >= 0.3 is 0 Å². The third-order valence-corrected chi connectivity index (χ3v) is 2.43. The number of ketones is 1. The largest absolute Gasteiger partial charge is 0.383 e. The van der Waals surface area contributed by atoms with Crippen LogP contribution in [-0.2, 0) is 6.54 Å². The number of benzene rings is 1. The molecule has 1 N–H and O–H groups in total. The van der Waals surface area contributed by atoms with Gasteiger partial charge in [-0.15, -0.1) is 5.10 Å².